The number of aromatic amines is 1. The molecule has 100 valence electrons. The predicted octanol–water partition coefficient (Wildman–Crippen LogP) is 2.16. The predicted molar refractivity (Wildman–Crippen MR) is 76.2 cm³/mol. The molecule has 1 aromatic carbocycles. The Morgan fingerprint density at radius 3 is 3.05 bits per heavy atom. The second-order valence-electron chi connectivity index (χ2n) is 3.77. The quantitative estimate of drug-likeness (QED) is 0.593. The third-order valence-electron chi connectivity index (χ3n) is 2.32. The topological polar surface area (TPSA) is 96.7 Å². The van der Waals surface area contributed by atoms with Crippen LogP contribution >= 0.6 is 23.4 Å². The van der Waals surface area contributed by atoms with E-state index in [1.165, 1.54) is 18.1 Å². The van der Waals surface area contributed by atoms with Crippen molar-refractivity contribution in [2.75, 3.05) is 11.1 Å². The summed E-state index contributed by atoms with van der Waals surface area (Å²) in [5, 5.41) is 9.89. The summed E-state index contributed by atoms with van der Waals surface area (Å²) in [6.45, 7) is 1.77. The molecule has 4 N–H and O–H groups in total. The minimum absolute atomic E-state index is 0.185. The van der Waals surface area contributed by atoms with Gasteiger partial charge in [-0.25, -0.2) is 4.98 Å². The number of hydrogen-bond donors (Lipinski definition) is 3. The molecule has 1 atom stereocenters. The number of nitrogens with zero attached hydrogens (tertiary/aromatic N) is 2. The van der Waals surface area contributed by atoms with Crippen LogP contribution < -0.4 is 11.1 Å². The van der Waals surface area contributed by atoms with Crippen LogP contribution in [0.3, 0.4) is 0 Å². The van der Waals surface area contributed by atoms with Crippen LogP contribution in [0.15, 0.2) is 29.7 Å². The van der Waals surface area contributed by atoms with Gasteiger partial charge in [0.25, 0.3) is 0 Å². The molecule has 0 radical (unpaired) electrons. The fourth-order valence-corrected chi connectivity index (χ4v) is 2.23. The van der Waals surface area contributed by atoms with Crippen LogP contribution in [0.25, 0.3) is 0 Å². The molecule has 6 nitrogen and oxygen atoms in total. The van der Waals surface area contributed by atoms with Crippen LogP contribution in [-0.2, 0) is 4.79 Å². The molecule has 2 rings (SSSR count). The van der Waals surface area contributed by atoms with Crippen molar-refractivity contribution in [3.8, 4) is 0 Å². The first-order valence-electron chi connectivity index (χ1n) is 5.44. The highest BCUT2D eigenvalue weighted by molar-refractivity contribution is 8.00. The molecule has 0 bridgehead atoms. The number of carbonyl (C=O) groups is 1. The second kappa shape index (κ2) is 5.94. The number of benzene rings is 1. The van der Waals surface area contributed by atoms with Gasteiger partial charge >= 0.3 is 0 Å². The summed E-state index contributed by atoms with van der Waals surface area (Å²) in [6, 6.07) is 4.92. The number of thioether (sulfide) groups is 1. The molecule has 0 saturated heterocycles. The molecule has 0 spiro atoms. The van der Waals surface area contributed by atoms with Crippen molar-refractivity contribution in [1.29, 1.82) is 0 Å². The lowest BCUT2D eigenvalue weighted by molar-refractivity contribution is -0.115. The standard InChI is InChI=1S/C11H12ClN5OS/c1-6(19-11-14-5-15-17-11)10(18)16-9-4-7(12)2-3-8(9)13/h2-6H,13H2,1H3,(H,16,18)(H,14,15,17). The third-order valence-corrected chi connectivity index (χ3v) is 3.55. The van der Waals surface area contributed by atoms with E-state index in [-0.39, 0.29) is 11.2 Å². The molecule has 2 aromatic rings. The van der Waals surface area contributed by atoms with Crippen molar-refractivity contribution < 1.29 is 4.79 Å². The Hall–Kier alpha value is -1.73. The van der Waals surface area contributed by atoms with Gasteiger partial charge in [-0.15, -0.1) is 0 Å². The van der Waals surface area contributed by atoms with Crippen molar-refractivity contribution in [3.63, 3.8) is 0 Å². The first-order chi connectivity index (χ1) is 9.06. The molecule has 0 fully saturated rings. The molecule has 8 heteroatoms. The van der Waals surface area contributed by atoms with Gasteiger partial charge in [-0.1, -0.05) is 23.4 Å². The SMILES string of the molecule is CC(Sc1ncn[nH]1)C(=O)Nc1cc(Cl)ccc1N. The lowest BCUT2D eigenvalue weighted by Gasteiger charge is -2.12. The Bertz CT molecular complexity index is 574. The zero-order valence-electron chi connectivity index (χ0n) is 10.1. The van der Waals surface area contributed by atoms with Crippen molar-refractivity contribution in [3.05, 3.63) is 29.5 Å². The molecule has 0 aliphatic carbocycles. The maximum atomic E-state index is 12.0. The van der Waals surface area contributed by atoms with Crippen molar-refractivity contribution >= 4 is 40.6 Å². The summed E-state index contributed by atoms with van der Waals surface area (Å²) < 4.78 is 0. The Kier molecular flexibility index (Phi) is 4.28. The zero-order valence-corrected chi connectivity index (χ0v) is 11.6. The Balaban J connectivity index is 2.02. The average molecular weight is 298 g/mol. The summed E-state index contributed by atoms with van der Waals surface area (Å²) in [7, 11) is 0. The fourth-order valence-electron chi connectivity index (χ4n) is 1.34. The van der Waals surface area contributed by atoms with Gasteiger partial charge < -0.3 is 11.1 Å². The number of halogens is 1. The Morgan fingerprint density at radius 2 is 2.37 bits per heavy atom. The number of carbonyl (C=O) groups excluding carboxylic acids is 1. The summed E-state index contributed by atoms with van der Waals surface area (Å²) in [6.07, 6.45) is 1.39. The lowest BCUT2D eigenvalue weighted by atomic mass is 10.2. The van der Waals surface area contributed by atoms with E-state index in [2.05, 4.69) is 20.5 Å². The second-order valence-corrected chi connectivity index (χ2v) is 5.54. The van der Waals surface area contributed by atoms with E-state index in [1.807, 2.05) is 0 Å². The number of anilines is 2. The summed E-state index contributed by atoms with van der Waals surface area (Å²) >= 11 is 7.13. The molecule has 0 aliphatic rings. The summed E-state index contributed by atoms with van der Waals surface area (Å²) in [5.74, 6) is -0.185. The summed E-state index contributed by atoms with van der Waals surface area (Å²) in [5.41, 5.74) is 6.73. The molecule has 1 heterocycles. The van der Waals surface area contributed by atoms with Gasteiger partial charge in [0.15, 0.2) is 5.16 Å². The van der Waals surface area contributed by atoms with Gasteiger partial charge in [-0.3, -0.25) is 9.89 Å². The fraction of sp³-hybridized carbons (Fsp3) is 0.182. The van der Waals surface area contributed by atoms with Crippen LogP contribution in [0.5, 0.6) is 0 Å². The number of rotatable bonds is 4. The van der Waals surface area contributed by atoms with Crippen molar-refractivity contribution in [2.24, 2.45) is 0 Å². The number of nitrogens with two attached hydrogens (primary N) is 1. The van der Waals surface area contributed by atoms with E-state index in [4.69, 9.17) is 17.3 Å². The van der Waals surface area contributed by atoms with Crippen molar-refractivity contribution in [1.82, 2.24) is 15.2 Å². The number of nitrogen functional groups attached to an aromatic ring is 1. The minimum atomic E-state index is -0.341. The largest absolute Gasteiger partial charge is 0.397 e. The summed E-state index contributed by atoms with van der Waals surface area (Å²) in [4.78, 5) is 16.0. The van der Waals surface area contributed by atoms with E-state index >= 15 is 0 Å². The monoisotopic (exact) mass is 297 g/mol. The smallest absolute Gasteiger partial charge is 0.237 e. The maximum absolute atomic E-state index is 12.0. The number of H-pyrrole nitrogens is 1. The van der Waals surface area contributed by atoms with Crippen LogP contribution in [-0.4, -0.2) is 26.3 Å². The zero-order chi connectivity index (χ0) is 13.8. The highest BCUT2D eigenvalue weighted by Gasteiger charge is 2.17. The molecule has 1 unspecified atom stereocenters. The van der Waals surface area contributed by atoms with Crippen LogP contribution in [0.1, 0.15) is 6.92 Å². The molecular formula is C11H12ClN5OS. The maximum Gasteiger partial charge on any atom is 0.237 e. The number of amides is 1. The molecular weight excluding hydrogens is 286 g/mol. The van der Waals surface area contributed by atoms with Gasteiger partial charge in [0.05, 0.1) is 16.6 Å². The van der Waals surface area contributed by atoms with E-state index in [9.17, 15) is 4.79 Å². The highest BCUT2D eigenvalue weighted by Crippen LogP contribution is 2.25. The van der Waals surface area contributed by atoms with Crippen LogP contribution in [0.2, 0.25) is 5.02 Å². The number of aromatic nitrogens is 3. The van der Waals surface area contributed by atoms with Crippen molar-refractivity contribution in [2.45, 2.75) is 17.3 Å². The average Bonchev–Trinajstić information content (AvgIpc) is 2.86. The first kappa shape index (κ1) is 13.7. The van der Waals surface area contributed by atoms with Crippen LogP contribution in [0.4, 0.5) is 11.4 Å². The molecule has 19 heavy (non-hydrogen) atoms. The highest BCUT2D eigenvalue weighted by atomic mass is 35.5. The number of hydrogen-bond acceptors (Lipinski definition) is 5. The first-order valence-corrected chi connectivity index (χ1v) is 6.70. The van der Waals surface area contributed by atoms with E-state index in [0.29, 0.717) is 21.6 Å². The van der Waals surface area contributed by atoms with Gasteiger partial charge in [-0.2, -0.15) is 5.10 Å². The lowest BCUT2D eigenvalue weighted by Crippen LogP contribution is -2.23. The number of nitrogens with one attached hydrogen (secondary N) is 2. The van der Waals surface area contributed by atoms with Gasteiger partial charge in [-0.05, 0) is 25.1 Å². The molecule has 0 aliphatic heterocycles. The third kappa shape index (κ3) is 3.62. The van der Waals surface area contributed by atoms with Gasteiger partial charge in [0.1, 0.15) is 6.33 Å². The van der Waals surface area contributed by atoms with Gasteiger partial charge in [0.2, 0.25) is 5.91 Å². The van der Waals surface area contributed by atoms with Crippen LogP contribution in [0, 0.1) is 0 Å². The Labute approximate surface area is 119 Å². The molecule has 1 aromatic heterocycles. The molecule has 0 saturated carbocycles. The van der Waals surface area contributed by atoms with E-state index in [0.717, 1.165) is 0 Å². The van der Waals surface area contributed by atoms with E-state index in [1.54, 1.807) is 25.1 Å². The Morgan fingerprint density at radius 1 is 1.58 bits per heavy atom. The molecule has 1 amide bonds. The van der Waals surface area contributed by atoms with E-state index < -0.39 is 0 Å². The normalized spacial score (nSPS) is 12.1. The minimum Gasteiger partial charge on any atom is -0.397 e. The van der Waals surface area contributed by atoms with Gasteiger partial charge in [0, 0.05) is 5.02 Å².